The van der Waals surface area contributed by atoms with Gasteiger partial charge in [-0.05, 0) is 18.6 Å². The van der Waals surface area contributed by atoms with E-state index in [0.717, 1.165) is 0 Å². The molecule has 0 radical (unpaired) electrons. The van der Waals surface area contributed by atoms with Gasteiger partial charge < -0.3 is 10.3 Å². The van der Waals surface area contributed by atoms with Gasteiger partial charge in [-0.2, -0.15) is 0 Å². The molecule has 0 saturated carbocycles. The fraction of sp³-hybridized carbons (Fsp3) is 0.250. The summed E-state index contributed by atoms with van der Waals surface area (Å²) in [5, 5.41) is 3.69. The minimum Gasteiger partial charge on any atom is -0.398 e. The molecule has 0 aliphatic rings. The molecule has 7 heteroatoms. The number of hydrogen-bond acceptors (Lipinski definition) is 5. The van der Waals surface area contributed by atoms with E-state index in [9.17, 15) is 8.42 Å². The summed E-state index contributed by atoms with van der Waals surface area (Å²) >= 11 is 0. The number of nitrogen functional groups attached to an aromatic ring is 1. The molecule has 2 rings (SSSR count). The lowest BCUT2D eigenvalue weighted by atomic mass is 10.2. The number of sulfonamides is 1. The minimum absolute atomic E-state index is 0.0793. The van der Waals surface area contributed by atoms with E-state index in [1.54, 1.807) is 37.3 Å². The van der Waals surface area contributed by atoms with Crippen LogP contribution < -0.4 is 10.5 Å². The van der Waals surface area contributed by atoms with Gasteiger partial charge in [0.15, 0.2) is 5.76 Å². The number of benzene rings is 1. The number of anilines is 1. The van der Waals surface area contributed by atoms with Crippen molar-refractivity contribution in [2.75, 3.05) is 5.73 Å². The predicted octanol–water partition coefficient (Wildman–Crippen LogP) is 1.18. The lowest BCUT2D eigenvalue weighted by molar-refractivity contribution is 0.377. The summed E-state index contributed by atoms with van der Waals surface area (Å²) in [5.74, 6) is 0.314. The fourth-order valence-electron chi connectivity index (χ4n) is 1.60. The maximum Gasteiger partial charge on any atom is 0.216 e. The van der Waals surface area contributed by atoms with Crippen LogP contribution in [0.3, 0.4) is 0 Å². The molecule has 102 valence electrons. The van der Waals surface area contributed by atoms with Gasteiger partial charge in [-0.1, -0.05) is 23.4 Å². The Morgan fingerprint density at radius 3 is 2.74 bits per heavy atom. The Kier molecular flexibility index (Phi) is 3.87. The van der Waals surface area contributed by atoms with Gasteiger partial charge in [0.05, 0.1) is 18.0 Å². The summed E-state index contributed by atoms with van der Waals surface area (Å²) in [6.45, 7) is 1.85. The van der Waals surface area contributed by atoms with E-state index in [2.05, 4.69) is 9.88 Å². The van der Waals surface area contributed by atoms with E-state index in [0.29, 0.717) is 22.7 Å². The van der Waals surface area contributed by atoms with E-state index < -0.39 is 10.0 Å². The van der Waals surface area contributed by atoms with Crippen molar-refractivity contribution < 1.29 is 12.9 Å². The van der Waals surface area contributed by atoms with Crippen LogP contribution in [-0.2, 0) is 22.3 Å². The van der Waals surface area contributed by atoms with Crippen molar-refractivity contribution in [3.05, 3.63) is 47.3 Å². The molecule has 0 saturated heterocycles. The minimum atomic E-state index is -3.46. The van der Waals surface area contributed by atoms with E-state index in [4.69, 9.17) is 10.3 Å². The first-order chi connectivity index (χ1) is 8.96. The normalized spacial score (nSPS) is 11.6. The first-order valence-corrected chi connectivity index (χ1v) is 7.34. The zero-order valence-corrected chi connectivity index (χ0v) is 11.3. The number of hydrogen-bond donors (Lipinski definition) is 2. The fourth-order valence-corrected chi connectivity index (χ4v) is 2.74. The quantitative estimate of drug-likeness (QED) is 0.802. The van der Waals surface area contributed by atoms with Crippen molar-refractivity contribution in [3.8, 4) is 0 Å². The smallest absolute Gasteiger partial charge is 0.216 e. The monoisotopic (exact) mass is 281 g/mol. The van der Waals surface area contributed by atoms with E-state index in [1.165, 1.54) is 0 Å². The number of nitrogens with one attached hydrogen (secondary N) is 1. The number of aromatic nitrogens is 1. The van der Waals surface area contributed by atoms with E-state index >= 15 is 0 Å². The second-order valence-corrected chi connectivity index (χ2v) is 6.02. The number of aryl methyl sites for hydroxylation is 1. The highest BCUT2D eigenvalue weighted by molar-refractivity contribution is 7.88. The Morgan fingerprint density at radius 1 is 1.37 bits per heavy atom. The second-order valence-electron chi connectivity index (χ2n) is 4.21. The first kappa shape index (κ1) is 13.6. The van der Waals surface area contributed by atoms with Crippen LogP contribution in [0.1, 0.15) is 17.0 Å². The lowest BCUT2D eigenvalue weighted by Crippen LogP contribution is -2.24. The Morgan fingerprint density at radius 2 is 2.11 bits per heavy atom. The Bertz CT molecular complexity index is 664. The molecule has 0 fully saturated rings. The third-order valence-corrected chi connectivity index (χ3v) is 3.82. The molecule has 0 aliphatic carbocycles. The van der Waals surface area contributed by atoms with Gasteiger partial charge in [-0.25, -0.2) is 13.1 Å². The highest BCUT2D eigenvalue weighted by Crippen LogP contribution is 2.13. The summed E-state index contributed by atoms with van der Waals surface area (Å²) in [7, 11) is -3.46. The van der Waals surface area contributed by atoms with Crippen molar-refractivity contribution in [2.24, 2.45) is 0 Å². The van der Waals surface area contributed by atoms with Gasteiger partial charge in [0, 0.05) is 11.8 Å². The summed E-state index contributed by atoms with van der Waals surface area (Å²) in [5.41, 5.74) is 7.46. The van der Waals surface area contributed by atoms with Crippen LogP contribution in [0.4, 0.5) is 5.69 Å². The molecule has 0 amide bonds. The van der Waals surface area contributed by atoms with Gasteiger partial charge in [-0.15, -0.1) is 0 Å². The summed E-state index contributed by atoms with van der Waals surface area (Å²) in [6.07, 6.45) is 0. The first-order valence-electron chi connectivity index (χ1n) is 5.69. The molecule has 0 bridgehead atoms. The average Bonchev–Trinajstić information content (AvgIpc) is 2.76. The van der Waals surface area contributed by atoms with Crippen LogP contribution in [0.15, 0.2) is 34.9 Å². The third-order valence-electron chi connectivity index (χ3n) is 2.54. The van der Waals surface area contributed by atoms with Crippen LogP contribution in [0.2, 0.25) is 0 Å². The van der Waals surface area contributed by atoms with Crippen LogP contribution >= 0.6 is 0 Å². The van der Waals surface area contributed by atoms with Crippen LogP contribution in [-0.4, -0.2) is 13.6 Å². The molecule has 2 aromatic rings. The molecular weight excluding hydrogens is 266 g/mol. The molecular formula is C12H15N3O3S. The Balaban J connectivity index is 2.01. The van der Waals surface area contributed by atoms with Crippen LogP contribution in [0.5, 0.6) is 0 Å². The molecule has 19 heavy (non-hydrogen) atoms. The molecule has 0 atom stereocenters. The number of nitrogens with two attached hydrogens (primary N) is 1. The van der Waals surface area contributed by atoms with Gasteiger partial charge in [0.1, 0.15) is 0 Å². The maximum atomic E-state index is 11.9. The third kappa shape index (κ3) is 3.80. The van der Waals surface area contributed by atoms with Gasteiger partial charge >= 0.3 is 0 Å². The van der Waals surface area contributed by atoms with Crippen molar-refractivity contribution in [2.45, 2.75) is 19.2 Å². The number of nitrogens with zero attached hydrogens (tertiary/aromatic N) is 1. The highest BCUT2D eigenvalue weighted by Gasteiger charge is 2.14. The molecule has 0 aliphatic heterocycles. The van der Waals surface area contributed by atoms with E-state index in [-0.39, 0.29) is 12.3 Å². The zero-order chi connectivity index (χ0) is 13.9. The summed E-state index contributed by atoms with van der Waals surface area (Å²) in [4.78, 5) is 0. The standard InChI is InChI=1S/C12H15N3O3S/c1-9-6-11(18-15-9)7-14-19(16,17)8-10-4-2-3-5-12(10)13/h2-6,14H,7-8,13H2,1H3. The SMILES string of the molecule is Cc1cc(CNS(=O)(=O)Cc2ccccc2N)on1. The molecule has 6 nitrogen and oxygen atoms in total. The van der Waals surface area contributed by atoms with Crippen molar-refractivity contribution in [3.63, 3.8) is 0 Å². The lowest BCUT2D eigenvalue weighted by Gasteiger charge is -2.07. The molecule has 1 heterocycles. The largest absolute Gasteiger partial charge is 0.398 e. The molecule has 3 N–H and O–H groups in total. The van der Waals surface area contributed by atoms with Crippen LogP contribution in [0, 0.1) is 6.92 Å². The van der Waals surface area contributed by atoms with Crippen LogP contribution in [0.25, 0.3) is 0 Å². The van der Waals surface area contributed by atoms with Crippen molar-refractivity contribution in [1.29, 1.82) is 0 Å². The predicted molar refractivity (Wildman–Crippen MR) is 71.6 cm³/mol. The maximum absolute atomic E-state index is 11.9. The van der Waals surface area contributed by atoms with Crippen molar-refractivity contribution in [1.82, 2.24) is 9.88 Å². The average molecular weight is 281 g/mol. The summed E-state index contributed by atoms with van der Waals surface area (Å²) < 4.78 is 31.2. The number of rotatable bonds is 5. The van der Waals surface area contributed by atoms with Gasteiger partial charge in [0.25, 0.3) is 0 Å². The van der Waals surface area contributed by atoms with Gasteiger partial charge in [-0.3, -0.25) is 0 Å². The summed E-state index contributed by atoms with van der Waals surface area (Å²) in [6, 6.07) is 8.55. The molecule has 1 aromatic heterocycles. The topological polar surface area (TPSA) is 98.2 Å². The highest BCUT2D eigenvalue weighted by atomic mass is 32.2. The Hall–Kier alpha value is -1.86. The molecule has 0 unspecified atom stereocenters. The Labute approximate surface area is 111 Å². The zero-order valence-electron chi connectivity index (χ0n) is 10.5. The van der Waals surface area contributed by atoms with Gasteiger partial charge in [0.2, 0.25) is 10.0 Å². The molecule has 1 aromatic carbocycles. The second kappa shape index (κ2) is 5.41. The molecule has 0 spiro atoms. The van der Waals surface area contributed by atoms with Crippen molar-refractivity contribution >= 4 is 15.7 Å². The van der Waals surface area contributed by atoms with E-state index in [1.807, 2.05) is 0 Å². The number of para-hydroxylation sites is 1.